The van der Waals surface area contributed by atoms with Crippen molar-refractivity contribution in [2.75, 3.05) is 11.9 Å². The van der Waals surface area contributed by atoms with Crippen LogP contribution in [0.3, 0.4) is 0 Å². The molecule has 0 aliphatic carbocycles. The Labute approximate surface area is 114 Å². The lowest BCUT2D eigenvalue weighted by atomic mass is 10.3. The molecular weight excluding hydrogens is 260 g/mol. The van der Waals surface area contributed by atoms with Crippen LogP contribution in [0.2, 0.25) is 0 Å². The first-order chi connectivity index (χ1) is 9.67. The van der Waals surface area contributed by atoms with Crippen LogP contribution in [0, 0.1) is 21.4 Å². The number of nitro benzene ring substituents is 1. The lowest BCUT2D eigenvalue weighted by Gasteiger charge is -2.00. The van der Waals surface area contributed by atoms with Crippen molar-refractivity contribution in [3.05, 3.63) is 52.7 Å². The van der Waals surface area contributed by atoms with Gasteiger partial charge in [0.2, 0.25) is 5.69 Å². The molecule has 0 fully saturated rings. The van der Waals surface area contributed by atoms with Gasteiger partial charge < -0.3 is 5.32 Å². The Morgan fingerprint density at radius 1 is 1.50 bits per heavy atom. The second-order valence-corrected chi connectivity index (χ2v) is 3.71. The number of nitro groups is 1. The van der Waals surface area contributed by atoms with Gasteiger partial charge in [0.05, 0.1) is 4.92 Å². The first-order valence-electron chi connectivity index (χ1n) is 5.63. The number of aromatic nitrogens is 3. The normalized spacial score (nSPS) is 9.75. The molecule has 0 spiro atoms. The van der Waals surface area contributed by atoms with Crippen LogP contribution in [0.4, 0.5) is 11.5 Å². The summed E-state index contributed by atoms with van der Waals surface area (Å²) >= 11 is 0. The lowest BCUT2D eigenvalue weighted by Crippen LogP contribution is -2.04. The zero-order chi connectivity index (χ0) is 14.5. The smallest absolute Gasteiger partial charge is 0.296 e. The summed E-state index contributed by atoms with van der Waals surface area (Å²) in [5.74, 6) is 0.255. The SMILES string of the molecule is C=CCNc1nn(-c2ccccc2[N+](=O)[O-])nc1C#N. The molecule has 0 saturated heterocycles. The highest BCUT2D eigenvalue weighted by atomic mass is 16.6. The molecule has 1 aromatic carbocycles. The number of nitrogens with one attached hydrogen (secondary N) is 1. The molecule has 100 valence electrons. The summed E-state index contributed by atoms with van der Waals surface area (Å²) in [5.41, 5.74) is 0.118. The monoisotopic (exact) mass is 270 g/mol. The molecule has 8 nitrogen and oxygen atoms in total. The summed E-state index contributed by atoms with van der Waals surface area (Å²) in [5, 5.41) is 30.8. The Kier molecular flexibility index (Phi) is 3.72. The number of benzene rings is 1. The van der Waals surface area contributed by atoms with Crippen molar-refractivity contribution in [3.63, 3.8) is 0 Å². The molecule has 2 rings (SSSR count). The van der Waals surface area contributed by atoms with Gasteiger partial charge in [-0.25, -0.2) is 0 Å². The summed E-state index contributed by atoms with van der Waals surface area (Å²) in [6.07, 6.45) is 1.60. The van der Waals surface area contributed by atoms with E-state index in [1.165, 1.54) is 12.1 Å². The van der Waals surface area contributed by atoms with Crippen molar-refractivity contribution in [3.8, 4) is 11.8 Å². The van der Waals surface area contributed by atoms with Crippen LogP contribution in [-0.2, 0) is 0 Å². The van der Waals surface area contributed by atoms with E-state index >= 15 is 0 Å². The van der Waals surface area contributed by atoms with E-state index < -0.39 is 4.92 Å². The standard InChI is InChI=1S/C12H10N6O2/c1-2-7-14-12-9(8-13)15-17(16-12)10-5-3-4-6-11(10)18(19)20/h2-6H,1,7H2,(H,14,16). The number of nitrogens with zero attached hydrogens (tertiary/aromatic N) is 5. The van der Waals surface area contributed by atoms with Gasteiger partial charge in [-0.3, -0.25) is 10.1 Å². The van der Waals surface area contributed by atoms with E-state index in [9.17, 15) is 10.1 Å². The van der Waals surface area contributed by atoms with E-state index in [4.69, 9.17) is 5.26 Å². The lowest BCUT2D eigenvalue weighted by molar-refractivity contribution is -0.384. The summed E-state index contributed by atoms with van der Waals surface area (Å²) in [4.78, 5) is 11.5. The molecule has 0 aliphatic rings. The first kappa shape index (κ1) is 13.2. The summed E-state index contributed by atoms with van der Waals surface area (Å²) in [6.45, 7) is 3.95. The van der Waals surface area contributed by atoms with E-state index in [1.807, 2.05) is 6.07 Å². The van der Waals surface area contributed by atoms with Crippen LogP contribution in [0.5, 0.6) is 0 Å². The van der Waals surface area contributed by atoms with Crippen LogP contribution in [0.15, 0.2) is 36.9 Å². The van der Waals surface area contributed by atoms with E-state index in [2.05, 4.69) is 22.1 Å². The number of anilines is 1. The Morgan fingerprint density at radius 2 is 2.25 bits per heavy atom. The molecule has 1 N–H and O–H groups in total. The second-order valence-electron chi connectivity index (χ2n) is 3.71. The third-order valence-corrected chi connectivity index (χ3v) is 2.43. The number of nitriles is 1. The minimum Gasteiger partial charge on any atom is -0.363 e. The highest BCUT2D eigenvalue weighted by molar-refractivity contribution is 5.53. The zero-order valence-electron chi connectivity index (χ0n) is 10.4. The molecule has 2 aromatic rings. The summed E-state index contributed by atoms with van der Waals surface area (Å²) < 4.78 is 0. The fourth-order valence-corrected chi connectivity index (χ4v) is 1.57. The van der Waals surface area contributed by atoms with Gasteiger partial charge in [0.15, 0.2) is 11.5 Å². The van der Waals surface area contributed by atoms with Crippen molar-refractivity contribution in [2.24, 2.45) is 0 Å². The fourth-order valence-electron chi connectivity index (χ4n) is 1.57. The number of para-hydroxylation sites is 2. The highest BCUT2D eigenvalue weighted by Crippen LogP contribution is 2.22. The third kappa shape index (κ3) is 2.46. The molecule has 0 saturated carbocycles. The minimum absolute atomic E-state index is 0.0602. The maximum absolute atomic E-state index is 11.0. The van der Waals surface area contributed by atoms with Crippen molar-refractivity contribution >= 4 is 11.5 Å². The Morgan fingerprint density at radius 3 is 2.90 bits per heavy atom. The van der Waals surface area contributed by atoms with Crippen LogP contribution < -0.4 is 5.32 Å². The molecule has 0 bridgehead atoms. The maximum Gasteiger partial charge on any atom is 0.296 e. The topological polar surface area (TPSA) is 110 Å². The molecule has 0 radical (unpaired) electrons. The van der Waals surface area contributed by atoms with Gasteiger partial charge in [-0.2, -0.15) is 5.26 Å². The Balaban J connectivity index is 2.49. The molecule has 0 atom stereocenters. The summed E-state index contributed by atoms with van der Waals surface area (Å²) in [7, 11) is 0. The number of hydrogen-bond donors (Lipinski definition) is 1. The predicted octanol–water partition coefficient (Wildman–Crippen LogP) is 1.65. The van der Waals surface area contributed by atoms with Gasteiger partial charge in [-0.15, -0.1) is 21.6 Å². The highest BCUT2D eigenvalue weighted by Gasteiger charge is 2.18. The molecule has 1 heterocycles. The average molecular weight is 270 g/mol. The fraction of sp³-hybridized carbons (Fsp3) is 0.0833. The van der Waals surface area contributed by atoms with Crippen LogP contribution >= 0.6 is 0 Å². The molecule has 0 unspecified atom stereocenters. The minimum atomic E-state index is -0.526. The van der Waals surface area contributed by atoms with Gasteiger partial charge in [0.25, 0.3) is 5.69 Å². The van der Waals surface area contributed by atoms with E-state index in [0.717, 1.165) is 4.80 Å². The molecule has 0 amide bonds. The number of hydrogen-bond acceptors (Lipinski definition) is 6. The van der Waals surface area contributed by atoms with E-state index in [1.54, 1.807) is 18.2 Å². The van der Waals surface area contributed by atoms with Gasteiger partial charge in [-0.05, 0) is 6.07 Å². The van der Waals surface area contributed by atoms with Gasteiger partial charge in [-0.1, -0.05) is 18.2 Å². The first-order valence-corrected chi connectivity index (χ1v) is 5.63. The quantitative estimate of drug-likeness (QED) is 0.502. The number of rotatable bonds is 5. The van der Waals surface area contributed by atoms with Crippen LogP contribution in [0.25, 0.3) is 5.69 Å². The van der Waals surface area contributed by atoms with Crippen molar-refractivity contribution in [1.29, 1.82) is 5.26 Å². The Hall–Kier alpha value is -3.21. The van der Waals surface area contributed by atoms with E-state index in [-0.39, 0.29) is 22.9 Å². The second kappa shape index (κ2) is 5.62. The van der Waals surface area contributed by atoms with Crippen molar-refractivity contribution in [1.82, 2.24) is 15.0 Å². The molecule has 8 heteroatoms. The maximum atomic E-state index is 11.0. The molecule has 0 aliphatic heterocycles. The molecule has 20 heavy (non-hydrogen) atoms. The summed E-state index contributed by atoms with van der Waals surface area (Å²) in [6, 6.07) is 7.92. The molecule has 1 aromatic heterocycles. The third-order valence-electron chi connectivity index (χ3n) is 2.43. The average Bonchev–Trinajstić information content (AvgIpc) is 2.88. The predicted molar refractivity (Wildman–Crippen MR) is 71.4 cm³/mol. The van der Waals surface area contributed by atoms with Gasteiger partial charge in [0, 0.05) is 12.6 Å². The van der Waals surface area contributed by atoms with Crippen molar-refractivity contribution < 1.29 is 4.92 Å². The molecular formula is C12H10N6O2. The van der Waals surface area contributed by atoms with Crippen molar-refractivity contribution in [2.45, 2.75) is 0 Å². The van der Waals surface area contributed by atoms with Gasteiger partial charge >= 0.3 is 0 Å². The van der Waals surface area contributed by atoms with Crippen LogP contribution in [0.1, 0.15) is 5.69 Å². The van der Waals surface area contributed by atoms with Crippen LogP contribution in [-0.4, -0.2) is 26.5 Å². The van der Waals surface area contributed by atoms with E-state index in [0.29, 0.717) is 6.54 Å². The largest absolute Gasteiger partial charge is 0.363 e. The Bertz CT molecular complexity index is 700. The zero-order valence-corrected chi connectivity index (χ0v) is 10.4. The van der Waals surface area contributed by atoms with Gasteiger partial charge in [0.1, 0.15) is 6.07 Å².